The van der Waals surface area contributed by atoms with Crippen molar-refractivity contribution in [3.05, 3.63) is 33.8 Å². The minimum atomic E-state index is 0.0950. The monoisotopic (exact) mass is 325 g/mol. The first-order chi connectivity index (χ1) is 9.02. The third kappa shape index (κ3) is 3.18. The molecule has 19 heavy (non-hydrogen) atoms. The molecule has 2 atom stereocenters. The highest BCUT2D eigenvalue weighted by Crippen LogP contribution is 2.23. The Labute approximate surface area is 123 Å². The standard InChI is InChI=1S/C15H20BrNO2/c1-4-12-9-19-11(3)8-17(12)15(18)13-7-10(2)5-6-14(13)16/h5-7,11-12H,4,8-9H2,1-3H3. The fraction of sp³-hybridized carbons (Fsp3) is 0.533. The van der Waals surface area contributed by atoms with Crippen LogP contribution in [0.3, 0.4) is 0 Å². The average Bonchev–Trinajstić information content (AvgIpc) is 2.40. The molecule has 1 aliphatic heterocycles. The maximum atomic E-state index is 12.7. The fourth-order valence-electron chi connectivity index (χ4n) is 2.39. The predicted molar refractivity (Wildman–Crippen MR) is 79.4 cm³/mol. The Bertz CT molecular complexity index is 475. The summed E-state index contributed by atoms with van der Waals surface area (Å²) in [6, 6.07) is 6.06. The molecule has 3 nitrogen and oxygen atoms in total. The number of carbonyl (C=O) groups excluding carboxylic acids is 1. The van der Waals surface area contributed by atoms with Gasteiger partial charge in [-0.1, -0.05) is 18.6 Å². The minimum absolute atomic E-state index is 0.0950. The van der Waals surface area contributed by atoms with Gasteiger partial charge in [-0.25, -0.2) is 0 Å². The summed E-state index contributed by atoms with van der Waals surface area (Å²) < 4.78 is 6.50. The van der Waals surface area contributed by atoms with Crippen LogP contribution >= 0.6 is 15.9 Å². The van der Waals surface area contributed by atoms with Gasteiger partial charge in [0, 0.05) is 11.0 Å². The van der Waals surface area contributed by atoms with Crippen molar-refractivity contribution >= 4 is 21.8 Å². The highest BCUT2D eigenvalue weighted by Gasteiger charge is 2.30. The molecule has 104 valence electrons. The first kappa shape index (κ1) is 14.5. The van der Waals surface area contributed by atoms with E-state index in [1.54, 1.807) is 0 Å². The van der Waals surface area contributed by atoms with E-state index in [4.69, 9.17) is 4.74 Å². The molecule has 0 spiro atoms. The largest absolute Gasteiger partial charge is 0.375 e. The molecule has 0 bridgehead atoms. The van der Waals surface area contributed by atoms with Crippen LogP contribution in [0.1, 0.15) is 36.2 Å². The Balaban J connectivity index is 2.28. The number of carbonyl (C=O) groups is 1. The molecule has 2 unspecified atom stereocenters. The van der Waals surface area contributed by atoms with Crippen molar-refractivity contribution < 1.29 is 9.53 Å². The van der Waals surface area contributed by atoms with Crippen molar-refractivity contribution in [2.75, 3.05) is 13.2 Å². The number of hydrogen-bond acceptors (Lipinski definition) is 2. The third-order valence-electron chi connectivity index (χ3n) is 3.55. The van der Waals surface area contributed by atoms with E-state index in [0.717, 1.165) is 22.0 Å². The zero-order valence-electron chi connectivity index (χ0n) is 11.6. The van der Waals surface area contributed by atoms with Crippen LogP contribution in [-0.4, -0.2) is 36.1 Å². The van der Waals surface area contributed by atoms with E-state index >= 15 is 0 Å². The van der Waals surface area contributed by atoms with Crippen LogP contribution in [0.25, 0.3) is 0 Å². The highest BCUT2D eigenvalue weighted by atomic mass is 79.9. The Hall–Kier alpha value is -0.870. The minimum Gasteiger partial charge on any atom is -0.375 e. The van der Waals surface area contributed by atoms with Gasteiger partial charge in [-0.3, -0.25) is 4.79 Å². The van der Waals surface area contributed by atoms with Gasteiger partial charge in [0.1, 0.15) is 0 Å². The normalized spacial score (nSPS) is 23.5. The van der Waals surface area contributed by atoms with Crippen molar-refractivity contribution in [2.24, 2.45) is 0 Å². The molecule has 1 aromatic carbocycles. The van der Waals surface area contributed by atoms with Gasteiger partial charge in [-0.15, -0.1) is 0 Å². The number of nitrogens with zero attached hydrogens (tertiary/aromatic N) is 1. The number of aryl methyl sites for hydroxylation is 1. The van der Waals surface area contributed by atoms with E-state index in [-0.39, 0.29) is 18.1 Å². The molecule has 0 aliphatic carbocycles. The molecule has 1 fully saturated rings. The van der Waals surface area contributed by atoms with Crippen LogP contribution in [0.15, 0.2) is 22.7 Å². The maximum Gasteiger partial charge on any atom is 0.255 e. The SMILES string of the molecule is CCC1COC(C)CN1C(=O)c1cc(C)ccc1Br. The lowest BCUT2D eigenvalue weighted by atomic mass is 10.1. The Kier molecular flexibility index (Phi) is 4.63. The van der Waals surface area contributed by atoms with Crippen LogP contribution in [-0.2, 0) is 4.74 Å². The van der Waals surface area contributed by atoms with Gasteiger partial charge in [-0.2, -0.15) is 0 Å². The molecule has 2 rings (SSSR count). The van der Waals surface area contributed by atoms with E-state index in [0.29, 0.717) is 13.2 Å². The second-order valence-electron chi connectivity index (χ2n) is 5.15. The fourth-order valence-corrected chi connectivity index (χ4v) is 2.81. The number of benzene rings is 1. The molecule has 0 aromatic heterocycles. The summed E-state index contributed by atoms with van der Waals surface area (Å²) >= 11 is 3.48. The second-order valence-corrected chi connectivity index (χ2v) is 6.00. The summed E-state index contributed by atoms with van der Waals surface area (Å²) in [6.07, 6.45) is 1.03. The van der Waals surface area contributed by atoms with Gasteiger partial charge < -0.3 is 9.64 Å². The molecule has 0 saturated carbocycles. The number of ether oxygens (including phenoxy) is 1. The molecular formula is C15H20BrNO2. The first-order valence-corrected chi connectivity index (χ1v) is 7.51. The van der Waals surface area contributed by atoms with Crippen molar-refractivity contribution in [2.45, 2.75) is 39.3 Å². The molecule has 1 aliphatic rings. The van der Waals surface area contributed by atoms with Crippen molar-refractivity contribution in [3.8, 4) is 0 Å². The Morgan fingerprint density at radius 2 is 2.26 bits per heavy atom. The van der Waals surface area contributed by atoms with Crippen LogP contribution < -0.4 is 0 Å². The predicted octanol–water partition coefficient (Wildman–Crippen LogP) is 3.40. The van der Waals surface area contributed by atoms with Crippen LogP contribution in [0.4, 0.5) is 0 Å². The molecule has 1 amide bonds. The smallest absolute Gasteiger partial charge is 0.255 e. The van der Waals surface area contributed by atoms with Gasteiger partial charge in [0.05, 0.1) is 24.3 Å². The lowest BCUT2D eigenvalue weighted by molar-refractivity contribution is -0.0444. The zero-order valence-corrected chi connectivity index (χ0v) is 13.2. The van der Waals surface area contributed by atoms with E-state index in [2.05, 4.69) is 22.9 Å². The summed E-state index contributed by atoms with van der Waals surface area (Å²) in [4.78, 5) is 14.7. The molecule has 0 N–H and O–H groups in total. The summed E-state index contributed by atoms with van der Waals surface area (Å²) in [6.45, 7) is 7.40. The number of halogens is 1. The Morgan fingerprint density at radius 1 is 1.53 bits per heavy atom. The number of hydrogen-bond donors (Lipinski definition) is 0. The van der Waals surface area contributed by atoms with Gasteiger partial charge in [0.15, 0.2) is 0 Å². The van der Waals surface area contributed by atoms with Crippen molar-refractivity contribution in [1.29, 1.82) is 0 Å². The molecule has 0 radical (unpaired) electrons. The topological polar surface area (TPSA) is 29.5 Å². The summed E-state index contributed by atoms with van der Waals surface area (Å²) in [7, 11) is 0. The first-order valence-electron chi connectivity index (χ1n) is 6.71. The molecule has 1 heterocycles. The van der Waals surface area contributed by atoms with Gasteiger partial charge in [0.2, 0.25) is 0 Å². The molecule has 4 heteroatoms. The highest BCUT2D eigenvalue weighted by molar-refractivity contribution is 9.10. The molecular weight excluding hydrogens is 306 g/mol. The Morgan fingerprint density at radius 3 is 2.95 bits per heavy atom. The third-order valence-corrected chi connectivity index (χ3v) is 4.24. The average molecular weight is 326 g/mol. The van der Waals surface area contributed by atoms with E-state index in [1.807, 2.05) is 36.9 Å². The van der Waals surface area contributed by atoms with Gasteiger partial charge in [0.25, 0.3) is 5.91 Å². The van der Waals surface area contributed by atoms with Gasteiger partial charge in [-0.05, 0) is 48.3 Å². The molecule has 1 saturated heterocycles. The van der Waals surface area contributed by atoms with E-state index < -0.39 is 0 Å². The van der Waals surface area contributed by atoms with Crippen LogP contribution in [0.5, 0.6) is 0 Å². The number of amides is 1. The van der Waals surface area contributed by atoms with E-state index in [9.17, 15) is 4.79 Å². The quantitative estimate of drug-likeness (QED) is 0.834. The maximum absolute atomic E-state index is 12.7. The zero-order chi connectivity index (χ0) is 14.0. The second kappa shape index (κ2) is 6.06. The van der Waals surface area contributed by atoms with Crippen LogP contribution in [0, 0.1) is 6.92 Å². The van der Waals surface area contributed by atoms with Crippen molar-refractivity contribution in [3.63, 3.8) is 0 Å². The number of rotatable bonds is 2. The summed E-state index contributed by atoms with van der Waals surface area (Å²) in [5.74, 6) is 0.0950. The lowest BCUT2D eigenvalue weighted by Gasteiger charge is -2.38. The van der Waals surface area contributed by atoms with Crippen LogP contribution in [0.2, 0.25) is 0 Å². The van der Waals surface area contributed by atoms with E-state index in [1.165, 1.54) is 0 Å². The lowest BCUT2D eigenvalue weighted by Crippen LogP contribution is -2.51. The number of morpholine rings is 1. The van der Waals surface area contributed by atoms with Crippen molar-refractivity contribution in [1.82, 2.24) is 4.90 Å². The summed E-state index contributed by atoms with van der Waals surface area (Å²) in [5.41, 5.74) is 1.84. The van der Waals surface area contributed by atoms with Gasteiger partial charge >= 0.3 is 0 Å². The summed E-state index contributed by atoms with van der Waals surface area (Å²) in [5, 5.41) is 0. The molecule has 1 aromatic rings.